The molecule has 0 unspecified atom stereocenters. The first kappa shape index (κ1) is 39.7. The lowest BCUT2D eigenvalue weighted by molar-refractivity contribution is 0.111. The number of aldehydes is 2. The number of aromatic hydroxyl groups is 5. The molecule has 0 saturated heterocycles. The number of rotatable bonds is 8. The fourth-order valence-corrected chi connectivity index (χ4v) is 6.94. The summed E-state index contributed by atoms with van der Waals surface area (Å²) in [6.07, 6.45) is 1.83. The van der Waals surface area contributed by atoms with E-state index in [2.05, 4.69) is 22.1 Å². The molecule has 0 aliphatic heterocycles. The molecule has 5 rings (SSSR count). The topological polar surface area (TPSA) is 212 Å². The molecule has 11 heteroatoms. The van der Waals surface area contributed by atoms with Crippen molar-refractivity contribution < 1.29 is 35.1 Å². The highest BCUT2D eigenvalue weighted by Crippen LogP contribution is 2.53. The Hall–Kier alpha value is -6.10. The third kappa shape index (κ3) is 7.60. The van der Waals surface area contributed by atoms with Crippen LogP contribution in [0.2, 0.25) is 0 Å². The first-order valence-corrected chi connectivity index (χ1v) is 17.3. The van der Waals surface area contributed by atoms with Gasteiger partial charge in [0.15, 0.2) is 24.1 Å². The standard InChI is InChI=1S/C31H32O7.C11H16N4/c1-12(2)21-17-8-14(5)23(29(36)25(17)19(10-32)16(7)27(21)34)24-15(6)9-18-22(13(3)4)31(38)28(35)20(11-33)26(18)30(24)37;1-9(12)15-11(13)14-8-7-10-5-3-2-4-6-10/h8-13,34-38H,1-7H3;2-6H,7-8H2,1H3,(H4,12,13,14,15). The Morgan fingerprint density at radius 1 is 0.698 bits per heavy atom. The molecule has 0 bridgehead atoms. The van der Waals surface area contributed by atoms with Gasteiger partial charge in [-0.05, 0) is 73.4 Å². The van der Waals surface area contributed by atoms with Crippen LogP contribution in [0.15, 0.2) is 52.4 Å². The van der Waals surface area contributed by atoms with E-state index >= 15 is 0 Å². The molecule has 0 radical (unpaired) electrons. The first-order valence-electron chi connectivity index (χ1n) is 17.3. The van der Waals surface area contributed by atoms with Crippen LogP contribution in [-0.4, -0.2) is 56.4 Å². The van der Waals surface area contributed by atoms with Gasteiger partial charge in [-0.25, -0.2) is 4.99 Å². The van der Waals surface area contributed by atoms with Gasteiger partial charge in [-0.2, -0.15) is 0 Å². The molecule has 11 nitrogen and oxygen atoms in total. The van der Waals surface area contributed by atoms with Gasteiger partial charge in [0.25, 0.3) is 0 Å². The maximum Gasteiger partial charge on any atom is 0.216 e. The minimum absolute atomic E-state index is 0.00185. The number of benzene rings is 5. The van der Waals surface area contributed by atoms with E-state index in [9.17, 15) is 35.1 Å². The van der Waals surface area contributed by atoms with E-state index in [0.29, 0.717) is 63.5 Å². The van der Waals surface area contributed by atoms with E-state index < -0.39 is 11.5 Å². The van der Waals surface area contributed by atoms with Gasteiger partial charge < -0.3 is 37.0 Å². The van der Waals surface area contributed by atoms with Crippen LogP contribution in [0.1, 0.15) is 101 Å². The van der Waals surface area contributed by atoms with Crippen LogP contribution >= 0.6 is 0 Å². The summed E-state index contributed by atoms with van der Waals surface area (Å²) in [6, 6.07) is 13.6. The summed E-state index contributed by atoms with van der Waals surface area (Å²) in [5.74, 6) is -1.33. The number of hydrogen-bond acceptors (Lipinski definition) is 8. The normalized spacial score (nSPS) is 12.0. The van der Waals surface area contributed by atoms with Crippen molar-refractivity contribution in [2.75, 3.05) is 6.54 Å². The van der Waals surface area contributed by atoms with E-state index in [1.165, 1.54) is 5.56 Å². The van der Waals surface area contributed by atoms with Crippen molar-refractivity contribution in [1.82, 2.24) is 0 Å². The van der Waals surface area contributed by atoms with E-state index in [4.69, 9.17) is 11.5 Å². The van der Waals surface area contributed by atoms with Crippen molar-refractivity contribution in [2.24, 2.45) is 21.5 Å². The maximum atomic E-state index is 12.2. The SMILES string of the molecule is CC(N)=NC(N)=NCCc1ccccc1.Cc1cc2c(C(C)C)c(O)c(C)c(C=O)c2c(O)c1-c1c(C)cc2c(C(C)C)c(O)c(O)c(C=O)c2c1O. The average molecular weight is 721 g/mol. The lowest BCUT2D eigenvalue weighted by Crippen LogP contribution is -2.16. The number of guanidine groups is 1. The Bertz CT molecular complexity index is 2160. The number of aliphatic imine (C=N–C) groups is 2. The number of carbonyl (C=O) groups is 2. The molecule has 0 heterocycles. The first-order chi connectivity index (χ1) is 25.0. The number of aryl methyl sites for hydroxylation is 2. The Labute approximate surface area is 309 Å². The fraction of sp³-hybridized carbons (Fsp3) is 0.286. The zero-order chi connectivity index (χ0) is 39.5. The summed E-state index contributed by atoms with van der Waals surface area (Å²) in [5.41, 5.74) is 14.9. The Balaban J connectivity index is 0.000000350. The van der Waals surface area contributed by atoms with Crippen molar-refractivity contribution in [1.29, 1.82) is 0 Å². The van der Waals surface area contributed by atoms with Crippen LogP contribution in [0.5, 0.6) is 28.7 Å². The van der Waals surface area contributed by atoms with Gasteiger partial charge in [0.1, 0.15) is 17.2 Å². The van der Waals surface area contributed by atoms with Gasteiger partial charge in [0.2, 0.25) is 5.96 Å². The van der Waals surface area contributed by atoms with E-state index in [0.717, 1.165) is 6.42 Å². The quantitative estimate of drug-likeness (QED) is 0.0359. The largest absolute Gasteiger partial charge is 0.507 e. The van der Waals surface area contributed by atoms with Crippen LogP contribution in [0.4, 0.5) is 0 Å². The lowest BCUT2D eigenvalue weighted by atomic mass is 9.82. The maximum absolute atomic E-state index is 12.2. The fourth-order valence-electron chi connectivity index (χ4n) is 6.94. The highest BCUT2D eigenvalue weighted by Gasteiger charge is 2.29. The number of amidine groups is 1. The van der Waals surface area contributed by atoms with Crippen molar-refractivity contribution >= 4 is 45.9 Å². The number of nitrogens with zero attached hydrogens (tertiary/aromatic N) is 2. The number of nitrogens with two attached hydrogens (primary N) is 2. The number of phenolic OH excluding ortho intramolecular Hbond substituents is 5. The second-order valence-electron chi connectivity index (χ2n) is 13.8. The summed E-state index contributed by atoms with van der Waals surface area (Å²) in [4.78, 5) is 32.1. The molecule has 9 N–H and O–H groups in total. The summed E-state index contributed by atoms with van der Waals surface area (Å²) < 4.78 is 0. The van der Waals surface area contributed by atoms with Gasteiger partial charge >= 0.3 is 0 Å². The number of hydrogen-bond donors (Lipinski definition) is 7. The molecule has 0 atom stereocenters. The Kier molecular flexibility index (Phi) is 12.0. The molecule has 0 saturated carbocycles. The molecule has 0 aromatic heterocycles. The number of carbonyl (C=O) groups excluding carboxylic acids is 2. The molecule has 278 valence electrons. The Morgan fingerprint density at radius 2 is 1.17 bits per heavy atom. The van der Waals surface area contributed by atoms with Crippen LogP contribution < -0.4 is 11.5 Å². The van der Waals surface area contributed by atoms with Crippen molar-refractivity contribution in [3.8, 4) is 39.9 Å². The molecule has 5 aromatic carbocycles. The van der Waals surface area contributed by atoms with Crippen LogP contribution in [0, 0.1) is 20.8 Å². The van der Waals surface area contributed by atoms with Crippen LogP contribution in [0.25, 0.3) is 32.7 Å². The predicted octanol–water partition coefficient (Wildman–Crippen LogP) is 7.91. The third-order valence-electron chi connectivity index (χ3n) is 9.31. The summed E-state index contributed by atoms with van der Waals surface area (Å²) in [6.45, 7) is 14.8. The molecule has 0 amide bonds. The zero-order valence-corrected chi connectivity index (χ0v) is 31.4. The zero-order valence-electron chi connectivity index (χ0n) is 31.4. The van der Waals surface area contributed by atoms with Gasteiger partial charge in [-0.15, -0.1) is 0 Å². The Morgan fingerprint density at radius 3 is 1.62 bits per heavy atom. The molecular weight excluding hydrogens is 672 g/mol. The van der Waals surface area contributed by atoms with Crippen LogP contribution in [0.3, 0.4) is 0 Å². The van der Waals surface area contributed by atoms with E-state index in [1.54, 1.807) is 39.8 Å². The van der Waals surface area contributed by atoms with Gasteiger partial charge in [-0.3, -0.25) is 14.6 Å². The molecule has 53 heavy (non-hydrogen) atoms. The summed E-state index contributed by atoms with van der Waals surface area (Å²) >= 11 is 0. The highest BCUT2D eigenvalue weighted by molar-refractivity contribution is 6.13. The highest BCUT2D eigenvalue weighted by atomic mass is 16.3. The number of fused-ring (bicyclic) bond motifs is 2. The lowest BCUT2D eigenvalue weighted by Gasteiger charge is -2.23. The molecule has 0 fully saturated rings. The van der Waals surface area contributed by atoms with Gasteiger partial charge in [0.05, 0.1) is 11.4 Å². The monoisotopic (exact) mass is 720 g/mol. The minimum atomic E-state index is -0.628. The van der Waals surface area contributed by atoms with Crippen molar-refractivity contribution in [3.05, 3.63) is 87.0 Å². The third-order valence-corrected chi connectivity index (χ3v) is 9.31. The predicted molar refractivity (Wildman–Crippen MR) is 212 cm³/mol. The second-order valence-corrected chi connectivity index (χ2v) is 13.8. The molecular formula is C42H48N4O7. The van der Waals surface area contributed by atoms with E-state index in [1.807, 2.05) is 45.9 Å². The summed E-state index contributed by atoms with van der Waals surface area (Å²) in [5, 5.41) is 56.7. The van der Waals surface area contributed by atoms with Crippen LogP contribution in [-0.2, 0) is 6.42 Å². The minimum Gasteiger partial charge on any atom is -0.507 e. The average Bonchev–Trinajstić information content (AvgIpc) is 3.08. The summed E-state index contributed by atoms with van der Waals surface area (Å²) in [7, 11) is 0. The van der Waals surface area contributed by atoms with Crippen molar-refractivity contribution in [3.63, 3.8) is 0 Å². The number of phenols is 5. The van der Waals surface area contributed by atoms with Crippen molar-refractivity contribution in [2.45, 2.75) is 73.6 Å². The molecule has 0 aliphatic rings. The molecule has 0 spiro atoms. The molecule has 0 aliphatic carbocycles. The molecule has 5 aromatic rings. The van der Waals surface area contributed by atoms with Gasteiger partial charge in [0, 0.05) is 50.7 Å². The van der Waals surface area contributed by atoms with E-state index in [-0.39, 0.29) is 68.1 Å². The second kappa shape index (κ2) is 16.1. The smallest absolute Gasteiger partial charge is 0.216 e. The van der Waals surface area contributed by atoms with Gasteiger partial charge in [-0.1, -0.05) is 70.2 Å².